The Morgan fingerprint density at radius 1 is 0.885 bits per heavy atom. The van der Waals surface area contributed by atoms with Crippen LogP contribution in [0.4, 0.5) is 0 Å². The van der Waals surface area contributed by atoms with Crippen LogP contribution in [0.2, 0.25) is 0 Å². The van der Waals surface area contributed by atoms with Crippen LogP contribution in [0.25, 0.3) is 0 Å². The molecule has 0 aliphatic heterocycles. The Labute approximate surface area is 155 Å². The molecule has 26 heavy (non-hydrogen) atoms. The first-order valence-corrected chi connectivity index (χ1v) is 11.3. The highest BCUT2D eigenvalue weighted by Crippen LogP contribution is 2.25. The van der Waals surface area contributed by atoms with E-state index in [9.17, 15) is 16.8 Å². The minimum atomic E-state index is -3.87. The van der Waals surface area contributed by atoms with Crippen molar-refractivity contribution in [2.45, 2.75) is 43.0 Å². The van der Waals surface area contributed by atoms with E-state index in [1.165, 1.54) is 29.8 Å². The van der Waals surface area contributed by atoms with E-state index in [2.05, 4.69) is 11.6 Å². The minimum Gasteiger partial charge on any atom is -0.225 e. The quantitative estimate of drug-likeness (QED) is 0.750. The third-order valence-corrected chi connectivity index (χ3v) is 6.54. The van der Waals surface area contributed by atoms with Crippen LogP contribution >= 0.6 is 0 Å². The summed E-state index contributed by atoms with van der Waals surface area (Å²) in [5.74, 6) is 0.0287. The van der Waals surface area contributed by atoms with E-state index in [0.29, 0.717) is 0 Å². The van der Waals surface area contributed by atoms with Crippen LogP contribution in [0.15, 0.2) is 58.3 Å². The zero-order valence-electron chi connectivity index (χ0n) is 15.0. The number of nitrogens with two attached hydrogens (primary N) is 1. The molecule has 0 spiro atoms. The molecule has 0 aliphatic carbocycles. The molecule has 0 saturated heterocycles. The van der Waals surface area contributed by atoms with Crippen molar-refractivity contribution in [1.82, 2.24) is 4.72 Å². The molecule has 1 atom stereocenters. The summed E-state index contributed by atoms with van der Waals surface area (Å²) in [5, 5.41) is 5.04. The molecule has 0 saturated carbocycles. The van der Waals surface area contributed by atoms with Gasteiger partial charge in [-0.15, -0.1) is 0 Å². The molecule has 0 aromatic heterocycles. The Balaban J connectivity index is 2.31. The summed E-state index contributed by atoms with van der Waals surface area (Å²) in [6.45, 7) is 5.93. The number of rotatable bonds is 7. The van der Waals surface area contributed by atoms with Gasteiger partial charge in [0.1, 0.15) is 0 Å². The molecule has 8 heteroatoms. The SMILES string of the molecule is CCc1ccc(C(NS(=O)(=O)c2ccc(S(N)(=O)=O)cc2)C(C)C)cc1. The fourth-order valence-electron chi connectivity index (χ4n) is 2.59. The molecule has 0 heterocycles. The molecule has 2 rings (SSSR count). The highest BCUT2D eigenvalue weighted by molar-refractivity contribution is 7.89. The monoisotopic (exact) mass is 396 g/mol. The number of hydrogen-bond acceptors (Lipinski definition) is 4. The summed E-state index contributed by atoms with van der Waals surface area (Å²) in [6.07, 6.45) is 0.911. The van der Waals surface area contributed by atoms with E-state index in [-0.39, 0.29) is 15.7 Å². The normalized spacial score (nSPS) is 13.7. The second kappa shape index (κ2) is 7.87. The van der Waals surface area contributed by atoms with Crippen LogP contribution in [0, 0.1) is 5.92 Å². The molecule has 0 aliphatic rings. The topological polar surface area (TPSA) is 106 Å². The Kier molecular flexibility index (Phi) is 6.23. The number of aryl methyl sites for hydroxylation is 1. The number of sulfonamides is 2. The highest BCUT2D eigenvalue weighted by atomic mass is 32.2. The van der Waals surface area contributed by atoms with E-state index in [0.717, 1.165) is 12.0 Å². The van der Waals surface area contributed by atoms with Gasteiger partial charge in [0.2, 0.25) is 20.0 Å². The molecule has 6 nitrogen and oxygen atoms in total. The summed E-state index contributed by atoms with van der Waals surface area (Å²) in [4.78, 5) is -0.146. The van der Waals surface area contributed by atoms with Gasteiger partial charge in [0.25, 0.3) is 0 Å². The van der Waals surface area contributed by atoms with Crippen LogP contribution < -0.4 is 9.86 Å². The lowest BCUT2D eigenvalue weighted by atomic mass is 9.96. The van der Waals surface area contributed by atoms with Crippen LogP contribution in [-0.4, -0.2) is 16.8 Å². The average Bonchev–Trinajstić information content (AvgIpc) is 2.59. The third kappa shape index (κ3) is 4.91. The molecule has 2 aromatic carbocycles. The van der Waals surface area contributed by atoms with Gasteiger partial charge in [0, 0.05) is 6.04 Å². The lowest BCUT2D eigenvalue weighted by molar-refractivity contribution is 0.463. The Morgan fingerprint density at radius 2 is 1.38 bits per heavy atom. The van der Waals surface area contributed by atoms with Gasteiger partial charge in [-0.1, -0.05) is 45.0 Å². The third-order valence-electron chi connectivity index (χ3n) is 4.16. The first-order valence-electron chi connectivity index (χ1n) is 8.28. The zero-order chi connectivity index (χ0) is 19.5. The maximum atomic E-state index is 12.7. The molecular formula is C18H24N2O4S2. The molecular weight excluding hydrogens is 372 g/mol. The van der Waals surface area contributed by atoms with Gasteiger partial charge in [-0.2, -0.15) is 0 Å². The largest absolute Gasteiger partial charge is 0.241 e. The molecule has 0 fully saturated rings. The fraction of sp³-hybridized carbons (Fsp3) is 0.333. The lowest BCUT2D eigenvalue weighted by Gasteiger charge is -2.23. The van der Waals surface area contributed by atoms with Gasteiger partial charge in [-0.25, -0.2) is 26.7 Å². The lowest BCUT2D eigenvalue weighted by Crippen LogP contribution is -2.31. The molecule has 1 unspecified atom stereocenters. The van der Waals surface area contributed by atoms with Gasteiger partial charge >= 0.3 is 0 Å². The van der Waals surface area contributed by atoms with Gasteiger partial charge in [0.15, 0.2) is 0 Å². The van der Waals surface area contributed by atoms with Crippen molar-refractivity contribution in [2.24, 2.45) is 11.1 Å². The van der Waals surface area contributed by atoms with E-state index in [4.69, 9.17) is 5.14 Å². The van der Waals surface area contributed by atoms with E-state index >= 15 is 0 Å². The molecule has 0 amide bonds. The van der Waals surface area contributed by atoms with Gasteiger partial charge in [-0.05, 0) is 47.7 Å². The molecule has 0 bridgehead atoms. The Morgan fingerprint density at radius 3 is 1.81 bits per heavy atom. The van der Waals surface area contributed by atoms with Crippen molar-refractivity contribution in [3.05, 3.63) is 59.7 Å². The summed E-state index contributed by atoms with van der Waals surface area (Å²) in [7, 11) is -7.68. The molecule has 3 N–H and O–H groups in total. The molecule has 0 radical (unpaired) electrons. The van der Waals surface area contributed by atoms with Gasteiger partial charge < -0.3 is 0 Å². The second-order valence-corrected chi connectivity index (χ2v) is 9.73. The summed E-state index contributed by atoms with van der Waals surface area (Å²) in [5.41, 5.74) is 2.06. The van der Waals surface area contributed by atoms with Crippen molar-refractivity contribution in [3.8, 4) is 0 Å². The molecule has 2 aromatic rings. The zero-order valence-corrected chi connectivity index (χ0v) is 16.6. The van der Waals surface area contributed by atoms with Crippen molar-refractivity contribution >= 4 is 20.0 Å². The van der Waals surface area contributed by atoms with E-state index < -0.39 is 26.1 Å². The fourth-order valence-corrected chi connectivity index (χ4v) is 4.48. The minimum absolute atomic E-state index is 0.0132. The van der Waals surface area contributed by atoms with Crippen molar-refractivity contribution in [3.63, 3.8) is 0 Å². The van der Waals surface area contributed by atoms with Crippen LogP contribution in [0.5, 0.6) is 0 Å². The standard InChI is InChI=1S/C18H24N2O4S2/c1-4-14-5-7-15(8-6-14)18(13(2)3)20-26(23,24)17-11-9-16(10-12-17)25(19,21)22/h5-13,18,20H,4H2,1-3H3,(H2,19,21,22). The van der Waals surface area contributed by atoms with E-state index in [1.54, 1.807) is 0 Å². The van der Waals surface area contributed by atoms with Crippen molar-refractivity contribution in [2.75, 3.05) is 0 Å². The summed E-state index contributed by atoms with van der Waals surface area (Å²) >= 11 is 0. The van der Waals surface area contributed by atoms with Crippen molar-refractivity contribution < 1.29 is 16.8 Å². The Bertz CT molecular complexity index is 949. The summed E-state index contributed by atoms with van der Waals surface area (Å²) < 4.78 is 50.8. The van der Waals surface area contributed by atoms with Crippen LogP contribution in [0.1, 0.15) is 37.9 Å². The van der Waals surface area contributed by atoms with Gasteiger partial charge in [0.05, 0.1) is 9.79 Å². The smallest absolute Gasteiger partial charge is 0.225 e. The maximum Gasteiger partial charge on any atom is 0.241 e. The number of nitrogens with one attached hydrogen (secondary N) is 1. The number of benzene rings is 2. The highest BCUT2D eigenvalue weighted by Gasteiger charge is 2.24. The van der Waals surface area contributed by atoms with Crippen LogP contribution in [0.3, 0.4) is 0 Å². The van der Waals surface area contributed by atoms with Crippen molar-refractivity contribution in [1.29, 1.82) is 0 Å². The Hall–Kier alpha value is -1.74. The maximum absolute atomic E-state index is 12.7. The van der Waals surface area contributed by atoms with Crippen LogP contribution in [-0.2, 0) is 26.5 Å². The average molecular weight is 397 g/mol. The summed E-state index contributed by atoms with van der Waals surface area (Å²) in [6, 6.07) is 12.3. The first kappa shape index (κ1) is 20.6. The molecule has 142 valence electrons. The van der Waals surface area contributed by atoms with E-state index in [1.807, 2.05) is 38.1 Å². The number of primary sulfonamides is 1. The predicted molar refractivity (Wildman–Crippen MR) is 102 cm³/mol. The predicted octanol–water partition coefficient (Wildman–Crippen LogP) is 2.57. The number of hydrogen-bond donors (Lipinski definition) is 2. The van der Waals surface area contributed by atoms with Gasteiger partial charge in [-0.3, -0.25) is 0 Å². The first-order chi connectivity index (χ1) is 12.0. The second-order valence-electron chi connectivity index (χ2n) is 6.45.